The summed E-state index contributed by atoms with van der Waals surface area (Å²) in [6.45, 7) is 5.38. The highest BCUT2D eigenvalue weighted by Crippen LogP contribution is 1.72. The monoisotopic (exact) mass is 210 g/mol. The molecule has 0 aromatic rings. The van der Waals surface area contributed by atoms with Crippen LogP contribution in [0.4, 0.5) is 0 Å². The summed E-state index contributed by atoms with van der Waals surface area (Å²) in [5.74, 6) is 0.0370. The Balaban J connectivity index is 0. The molecule has 2 N–H and O–H groups in total. The van der Waals surface area contributed by atoms with Crippen LogP contribution in [0.5, 0.6) is 0 Å². The molecule has 1 amide bonds. The van der Waals surface area contributed by atoms with Crippen molar-refractivity contribution in [2.24, 2.45) is 0 Å². The van der Waals surface area contributed by atoms with Gasteiger partial charge in [0.25, 0.3) is 0 Å². The van der Waals surface area contributed by atoms with Crippen LogP contribution < -0.4 is 10.0 Å². The second-order valence-electron chi connectivity index (χ2n) is 2.83. The lowest BCUT2D eigenvalue weighted by atomic mass is 10.4. The smallest absolute Gasteiger partial charge is 0.217 e. The molecule has 6 heteroatoms. The van der Waals surface area contributed by atoms with Gasteiger partial charge in [0.2, 0.25) is 15.9 Å². The molecule has 5 nitrogen and oxygen atoms in total. The molecule has 0 saturated heterocycles. The predicted octanol–water partition coefficient (Wildman–Crippen LogP) is -0.304. The van der Waals surface area contributed by atoms with Crippen molar-refractivity contribution in [2.75, 3.05) is 13.3 Å². The molecule has 0 saturated carbocycles. The van der Waals surface area contributed by atoms with E-state index >= 15 is 0 Å². The molecule has 0 rings (SSSR count). The summed E-state index contributed by atoms with van der Waals surface area (Å²) in [7, 11) is -1.54. The Labute approximate surface area is 80.0 Å². The van der Waals surface area contributed by atoms with Crippen LogP contribution in [0.15, 0.2) is 0 Å². The zero-order valence-corrected chi connectivity index (χ0v) is 9.53. The van der Waals surface area contributed by atoms with E-state index in [1.807, 2.05) is 13.8 Å². The molecule has 0 aliphatic carbocycles. The normalized spacial score (nSPS) is 10.3. The third kappa shape index (κ3) is 24.6. The number of carbonyl (C=O) groups is 1. The number of nitrogens with one attached hydrogen (secondary N) is 2. The fraction of sp³-hybridized carbons (Fsp3) is 0.857. The molecule has 0 aromatic carbocycles. The van der Waals surface area contributed by atoms with Gasteiger partial charge < -0.3 is 5.32 Å². The van der Waals surface area contributed by atoms with Gasteiger partial charge in [-0.25, -0.2) is 13.1 Å². The maximum absolute atomic E-state index is 10.1. The summed E-state index contributed by atoms with van der Waals surface area (Å²) in [6, 6.07) is 0.275. The largest absolute Gasteiger partial charge is 0.354 e. The number of sulfonamides is 1. The van der Waals surface area contributed by atoms with Crippen LogP contribution in [-0.4, -0.2) is 33.7 Å². The van der Waals surface area contributed by atoms with Crippen LogP contribution in [0.2, 0.25) is 0 Å². The molecule has 0 aromatic heterocycles. The first-order chi connectivity index (χ1) is 5.69. The van der Waals surface area contributed by atoms with Gasteiger partial charge in [0.15, 0.2) is 0 Å². The molecule has 0 atom stereocenters. The van der Waals surface area contributed by atoms with Crippen molar-refractivity contribution >= 4 is 15.9 Å². The Hall–Kier alpha value is -0.620. The summed E-state index contributed by atoms with van der Waals surface area (Å²) >= 11 is 0. The first-order valence-electron chi connectivity index (χ1n) is 3.84. The molecule has 0 bridgehead atoms. The zero-order valence-electron chi connectivity index (χ0n) is 8.71. The van der Waals surface area contributed by atoms with Gasteiger partial charge in [-0.2, -0.15) is 0 Å². The Morgan fingerprint density at radius 1 is 1.31 bits per heavy atom. The van der Waals surface area contributed by atoms with Crippen LogP contribution in [-0.2, 0) is 14.8 Å². The number of carbonyl (C=O) groups excluding carboxylic acids is 1. The van der Waals surface area contributed by atoms with E-state index in [2.05, 4.69) is 10.0 Å². The summed E-state index contributed by atoms with van der Waals surface area (Å²) in [6.07, 6.45) is 1.10. The van der Waals surface area contributed by atoms with Crippen LogP contribution in [0.25, 0.3) is 0 Å². The molecule has 80 valence electrons. The molecule has 13 heavy (non-hydrogen) atoms. The third-order valence-corrected chi connectivity index (χ3v) is 1.60. The Morgan fingerprint density at radius 3 is 1.62 bits per heavy atom. The van der Waals surface area contributed by atoms with Crippen LogP contribution in [0.1, 0.15) is 20.8 Å². The van der Waals surface area contributed by atoms with Crippen molar-refractivity contribution < 1.29 is 13.2 Å². The van der Waals surface area contributed by atoms with E-state index in [0.717, 1.165) is 6.26 Å². The first kappa shape index (κ1) is 14.9. The van der Waals surface area contributed by atoms with Crippen molar-refractivity contribution in [1.82, 2.24) is 10.0 Å². The lowest BCUT2D eigenvalue weighted by molar-refractivity contribution is -0.119. The van der Waals surface area contributed by atoms with Crippen LogP contribution in [0, 0.1) is 0 Å². The number of hydrogen-bond donors (Lipinski definition) is 2. The second kappa shape index (κ2) is 6.85. The molecule has 0 aliphatic heterocycles. The highest BCUT2D eigenvalue weighted by molar-refractivity contribution is 7.88. The number of rotatable bonds is 2. The van der Waals surface area contributed by atoms with Gasteiger partial charge in [0.05, 0.1) is 6.26 Å². The lowest BCUT2D eigenvalue weighted by Crippen LogP contribution is -2.27. The Bertz CT molecular complexity index is 234. The van der Waals surface area contributed by atoms with Gasteiger partial charge in [-0.3, -0.25) is 4.79 Å². The van der Waals surface area contributed by atoms with Crippen molar-refractivity contribution in [1.29, 1.82) is 0 Å². The van der Waals surface area contributed by atoms with Gasteiger partial charge >= 0.3 is 0 Å². The van der Waals surface area contributed by atoms with E-state index < -0.39 is 10.0 Å². The highest BCUT2D eigenvalue weighted by Gasteiger charge is 1.91. The molecule has 0 heterocycles. The minimum atomic E-state index is -2.91. The van der Waals surface area contributed by atoms with Gasteiger partial charge in [-0.15, -0.1) is 0 Å². The molecular formula is C7H18N2O3S. The molecule has 0 fully saturated rings. The minimum absolute atomic E-state index is 0.0370. The van der Waals surface area contributed by atoms with E-state index in [4.69, 9.17) is 0 Å². The average Bonchev–Trinajstić information content (AvgIpc) is 1.84. The molecule has 0 radical (unpaired) electrons. The average molecular weight is 210 g/mol. The highest BCUT2D eigenvalue weighted by atomic mass is 32.2. The van der Waals surface area contributed by atoms with E-state index in [-0.39, 0.29) is 11.9 Å². The van der Waals surface area contributed by atoms with E-state index in [1.54, 1.807) is 0 Å². The fourth-order valence-electron chi connectivity index (χ4n) is 0.407. The molecule has 0 unspecified atom stereocenters. The summed E-state index contributed by atoms with van der Waals surface area (Å²) in [5.41, 5.74) is 0. The van der Waals surface area contributed by atoms with Gasteiger partial charge in [-0.05, 0) is 20.9 Å². The molecule has 0 aliphatic rings. The molecule has 0 spiro atoms. The van der Waals surface area contributed by atoms with Gasteiger partial charge in [0.1, 0.15) is 0 Å². The van der Waals surface area contributed by atoms with Gasteiger partial charge in [-0.1, -0.05) is 0 Å². The van der Waals surface area contributed by atoms with Crippen molar-refractivity contribution in [3.63, 3.8) is 0 Å². The third-order valence-electron chi connectivity index (χ3n) is 0.863. The minimum Gasteiger partial charge on any atom is -0.354 e. The standard InChI is InChI=1S/C5H11NO.C2H7NO2S/c1-4(2)6-5(3)7;1-3-6(2,4)5/h4H,1-3H3,(H,6,7);3H,1-2H3. The second-order valence-corrected chi connectivity index (χ2v) is 4.78. The number of hydrogen-bond acceptors (Lipinski definition) is 3. The summed E-state index contributed by atoms with van der Waals surface area (Å²) in [5, 5.41) is 2.67. The molecular weight excluding hydrogens is 192 g/mol. The quantitative estimate of drug-likeness (QED) is 0.657. The van der Waals surface area contributed by atoms with E-state index in [0.29, 0.717) is 0 Å². The van der Waals surface area contributed by atoms with E-state index in [1.165, 1.54) is 14.0 Å². The van der Waals surface area contributed by atoms with E-state index in [9.17, 15) is 13.2 Å². The van der Waals surface area contributed by atoms with Crippen LogP contribution >= 0.6 is 0 Å². The zero-order chi connectivity index (χ0) is 11.1. The topological polar surface area (TPSA) is 75.3 Å². The Kier molecular flexibility index (Phi) is 7.84. The first-order valence-corrected chi connectivity index (χ1v) is 5.73. The van der Waals surface area contributed by atoms with Crippen molar-refractivity contribution in [3.05, 3.63) is 0 Å². The fourth-order valence-corrected chi connectivity index (χ4v) is 0.407. The number of amides is 1. The van der Waals surface area contributed by atoms with Crippen LogP contribution in [0.3, 0.4) is 0 Å². The Morgan fingerprint density at radius 2 is 1.62 bits per heavy atom. The SMILES string of the molecule is CC(=O)NC(C)C.CNS(C)(=O)=O. The lowest BCUT2D eigenvalue weighted by Gasteiger charge is -2.02. The maximum Gasteiger partial charge on any atom is 0.217 e. The summed E-state index contributed by atoms with van der Waals surface area (Å²) in [4.78, 5) is 10.1. The summed E-state index contributed by atoms with van der Waals surface area (Å²) < 4.78 is 21.9. The van der Waals surface area contributed by atoms with Crippen molar-refractivity contribution in [2.45, 2.75) is 26.8 Å². The maximum atomic E-state index is 10.1. The van der Waals surface area contributed by atoms with Crippen molar-refractivity contribution in [3.8, 4) is 0 Å². The van der Waals surface area contributed by atoms with Gasteiger partial charge in [0, 0.05) is 13.0 Å². The predicted molar refractivity (Wildman–Crippen MR) is 52.9 cm³/mol.